The second-order valence-corrected chi connectivity index (χ2v) is 5.81. The highest BCUT2D eigenvalue weighted by Gasteiger charge is 1.99. The molecule has 0 aliphatic rings. The van der Waals surface area contributed by atoms with Crippen molar-refractivity contribution in [3.63, 3.8) is 0 Å². The zero-order valence-electron chi connectivity index (χ0n) is 8.95. The summed E-state index contributed by atoms with van der Waals surface area (Å²) in [4.78, 5) is 18.5. The number of amides is 1. The Balaban J connectivity index is -0.0000000524. The molecule has 0 aliphatic carbocycles. The zero-order chi connectivity index (χ0) is 14.9. The third-order valence-electron chi connectivity index (χ3n) is 0.286. The first-order valence-electron chi connectivity index (χ1n) is 3.38. The van der Waals surface area contributed by atoms with Gasteiger partial charge in [0.2, 0.25) is 41.6 Å². The highest BCUT2D eigenvalue weighted by molar-refractivity contribution is 7.89. The van der Waals surface area contributed by atoms with Crippen LogP contribution in [0.25, 0.3) is 0 Å². The molecular formula is C6H18B2N2O7S2. The summed E-state index contributed by atoms with van der Waals surface area (Å²) in [7, 11) is 1.86. The fraction of sp³-hybridized carbons (Fsp3) is 0.667. The predicted molar refractivity (Wildman–Crippen MR) is 75.4 cm³/mol. The van der Waals surface area contributed by atoms with E-state index in [9.17, 15) is 21.6 Å². The number of nitrogens with one attached hydrogen (secondary N) is 1. The van der Waals surface area contributed by atoms with Crippen molar-refractivity contribution >= 4 is 47.4 Å². The molecule has 0 atom stereocenters. The number of sulfonamides is 2. The fourth-order valence-electron chi connectivity index (χ4n) is 0.183. The van der Waals surface area contributed by atoms with Crippen LogP contribution in [0, 0.1) is 0 Å². The van der Waals surface area contributed by atoms with Crippen molar-refractivity contribution in [3.8, 4) is 0 Å². The molecule has 0 saturated heterocycles. The van der Waals surface area contributed by atoms with Gasteiger partial charge in [-0.1, -0.05) is 14.9 Å². The van der Waals surface area contributed by atoms with Gasteiger partial charge in [0, 0.05) is 0 Å². The standard InChI is InChI=1S/C2H4BNO3S.CHBO2.CH5NO2S.2CH4/c1-8(6,7)4-2(3)5;2-1(3)4;1-5(2,3)4;;/h1H3,(H,4,5);(H,3,4);1H3,(H2,2,3,4);2*1H4. The Kier molecular flexibility index (Phi) is 21.6. The Bertz CT molecular complexity index is 434. The molecule has 0 heterocycles. The van der Waals surface area contributed by atoms with E-state index in [4.69, 9.17) is 9.90 Å². The predicted octanol–water partition coefficient (Wildman–Crippen LogP) is -1.17. The topological polar surface area (TPSA) is 161 Å². The first kappa shape index (κ1) is 30.7. The van der Waals surface area contributed by atoms with Gasteiger partial charge in [-0.3, -0.25) is 14.3 Å². The quantitative estimate of drug-likeness (QED) is 0.514. The number of hydrogen-bond donors (Lipinski definition) is 3. The average molecular weight is 316 g/mol. The molecule has 0 bridgehead atoms. The molecule has 19 heavy (non-hydrogen) atoms. The third kappa shape index (κ3) is 244. The van der Waals surface area contributed by atoms with E-state index in [1.165, 1.54) is 4.72 Å². The summed E-state index contributed by atoms with van der Waals surface area (Å²) in [5.41, 5.74) is 0. The molecule has 13 heteroatoms. The summed E-state index contributed by atoms with van der Waals surface area (Å²) in [6, 6.07) is 0. The first-order valence-corrected chi connectivity index (χ1v) is 7.23. The van der Waals surface area contributed by atoms with Crippen molar-refractivity contribution in [1.82, 2.24) is 4.72 Å². The highest BCUT2D eigenvalue weighted by atomic mass is 32.2. The van der Waals surface area contributed by atoms with Crippen molar-refractivity contribution < 1.29 is 31.5 Å². The number of carboxylic acid groups (broad SMARTS) is 1. The van der Waals surface area contributed by atoms with E-state index in [-0.39, 0.29) is 14.9 Å². The van der Waals surface area contributed by atoms with Gasteiger partial charge in [-0.15, -0.1) is 0 Å². The van der Waals surface area contributed by atoms with Crippen molar-refractivity contribution in [1.29, 1.82) is 0 Å². The number of rotatable bonds is 1. The van der Waals surface area contributed by atoms with Gasteiger partial charge >= 0.3 is 0 Å². The SMILES string of the molecule is C.C.CS(N)(=O)=O.[B]C(=O)NS(C)(=O)=O.[B]C(=O)O. The van der Waals surface area contributed by atoms with E-state index in [1.807, 2.05) is 0 Å². The molecule has 0 aromatic carbocycles. The Hall–Kier alpha value is -1.07. The molecule has 0 rings (SSSR count). The molecule has 0 fully saturated rings. The molecule has 9 nitrogen and oxygen atoms in total. The van der Waals surface area contributed by atoms with Crippen LogP contribution >= 0.6 is 0 Å². The summed E-state index contributed by atoms with van der Waals surface area (Å²) in [6.07, 6.45) is 1.78. The lowest BCUT2D eigenvalue weighted by Crippen LogP contribution is -2.27. The summed E-state index contributed by atoms with van der Waals surface area (Å²) in [5, 5.41) is 11.5. The molecule has 0 aliphatic heterocycles. The average Bonchev–Trinajstić information content (AvgIpc) is 1.71. The van der Waals surface area contributed by atoms with E-state index >= 15 is 0 Å². The molecule has 0 aromatic rings. The molecule has 4 radical (unpaired) electrons. The van der Waals surface area contributed by atoms with Crippen LogP contribution in [-0.2, 0) is 20.0 Å². The van der Waals surface area contributed by atoms with Gasteiger partial charge in [0.1, 0.15) is 0 Å². The third-order valence-corrected chi connectivity index (χ3v) is 0.858. The van der Waals surface area contributed by atoms with Gasteiger partial charge < -0.3 is 5.11 Å². The van der Waals surface area contributed by atoms with Gasteiger partial charge in [0.15, 0.2) is 5.81 Å². The minimum atomic E-state index is -3.45. The fourth-order valence-corrected chi connectivity index (χ4v) is 0.548. The summed E-state index contributed by atoms with van der Waals surface area (Å²) in [5.74, 6) is -2.40. The van der Waals surface area contributed by atoms with Gasteiger partial charge in [-0.2, -0.15) is 0 Å². The number of nitrogens with two attached hydrogens (primary N) is 1. The van der Waals surface area contributed by atoms with E-state index in [0.29, 0.717) is 0 Å². The van der Waals surface area contributed by atoms with Crippen LogP contribution in [0.2, 0.25) is 0 Å². The Morgan fingerprint density at radius 3 is 1.21 bits per heavy atom. The summed E-state index contributed by atoms with van der Waals surface area (Å²) >= 11 is 0. The van der Waals surface area contributed by atoms with Crippen LogP contribution in [-0.4, -0.2) is 61.8 Å². The normalized spacial score (nSPS) is 8.79. The van der Waals surface area contributed by atoms with Crippen molar-refractivity contribution in [2.45, 2.75) is 14.9 Å². The molecule has 0 saturated carbocycles. The maximum Gasteiger partial charge on any atom is 0.233 e. The smallest absolute Gasteiger partial charge is 0.233 e. The minimum Gasteiger partial charge on any atom is -0.490 e. The van der Waals surface area contributed by atoms with Crippen LogP contribution in [0.15, 0.2) is 0 Å². The summed E-state index contributed by atoms with van der Waals surface area (Å²) in [6.45, 7) is 0. The van der Waals surface area contributed by atoms with Crippen molar-refractivity contribution in [2.75, 3.05) is 12.5 Å². The Morgan fingerprint density at radius 2 is 1.21 bits per heavy atom. The lowest BCUT2D eigenvalue weighted by atomic mass is 10.2. The molecule has 0 spiro atoms. The second kappa shape index (κ2) is 13.4. The molecule has 1 amide bonds. The number of carbonyl (C=O) groups is 2. The molecular weight excluding hydrogens is 298 g/mol. The first-order chi connectivity index (χ1) is 7.15. The number of carbonyl (C=O) groups excluding carboxylic acids is 1. The second-order valence-electron chi connectivity index (χ2n) is 2.41. The lowest BCUT2D eigenvalue weighted by molar-refractivity contribution is 0.220. The van der Waals surface area contributed by atoms with E-state index in [0.717, 1.165) is 12.5 Å². The monoisotopic (exact) mass is 316 g/mol. The Morgan fingerprint density at radius 1 is 1.05 bits per heavy atom. The van der Waals surface area contributed by atoms with E-state index in [2.05, 4.69) is 20.8 Å². The van der Waals surface area contributed by atoms with Crippen molar-refractivity contribution in [2.24, 2.45) is 5.14 Å². The highest BCUT2D eigenvalue weighted by Crippen LogP contribution is 1.70. The van der Waals surface area contributed by atoms with Gasteiger partial charge in [0.25, 0.3) is 0 Å². The van der Waals surface area contributed by atoms with Gasteiger partial charge in [-0.05, 0) is 0 Å². The van der Waals surface area contributed by atoms with E-state index < -0.39 is 31.7 Å². The zero-order valence-corrected chi connectivity index (χ0v) is 10.6. The Labute approximate surface area is 116 Å². The van der Waals surface area contributed by atoms with Crippen LogP contribution in [0.1, 0.15) is 14.9 Å². The molecule has 112 valence electrons. The molecule has 0 unspecified atom stereocenters. The lowest BCUT2D eigenvalue weighted by Gasteiger charge is -1.93. The van der Waals surface area contributed by atoms with Gasteiger partial charge in [-0.25, -0.2) is 22.0 Å². The maximum atomic E-state index is 10.0. The van der Waals surface area contributed by atoms with Crippen molar-refractivity contribution in [3.05, 3.63) is 0 Å². The van der Waals surface area contributed by atoms with Crippen LogP contribution < -0.4 is 9.86 Å². The summed E-state index contributed by atoms with van der Waals surface area (Å²) < 4.78 is 40.4. The van der Waals surface area contributed by atoms with Crippen LogP contribution in [0.3, 0.4) is 0 Å². The number of primary sulfonamides is 1. The molecule has 4 N–H and O–H groups in total. The van der Waals surface area contributed by atoms with Crippen LogP contribution in [0.4, 0.5) is 9.59 Å². The minimum absolute atomic E-state index is 0. The number of hydrogen-bond acceptors (Lipinski definition) is 6. The maximum absolute atomic E-state index is 10.0. The van der Waals surface area contributed by atoms with Crippen LogP contribution in [0.5, 0.6) is 0 Å². The molecule has 0 aromatic heterocycles. The largest absolute Gasteiger partial charge is 0.490 e. The van der Waals surface area contributed by atoms with Gasteiger partial charge in [0.05, 0.1) is 12.5 Å². The van der Waals surface area contributed by atoms with E-state index in [1.54, 1.807) is 0 Å².